The Labute approximate surface area is 156 Å². The predicted octanol–water partition coefficient (Wildman–Crippen LogP) is 3.08. The average Bonchev–Trinajstić information content (AvgIpc) is 3.14. The maximum atomic E-state index is 13.7. The Morgan fingerprint density at radius 1 is 1.23 bits per heavy atom. The van der Waals surface area contributed by atoms with Crippen molar-refractivity contribution >= 4 is 29.3 Å². The van der Waals surface area contributed by atoms with E-state index in [-0.39, 0.29) is 17.5 Å². The first-order valence-electron chi connectivity index (χ1n) is 8.47. The number of aromatic nitrogens is 1. The molecule has 3 rings (SSSR count). The van der Waals surface area contributed by atoms with Gasteiger partial charge < -0.3 is 10.2 Å². The van der Waals surface area contributed by atoms with E-state index in [1.165, 1.54) is 23.9 Å². The van der Waals surface area contributed by atoms with Crippen LogP contribution in [0.4, 0.5) is 10.1 Å². The molecular weight excluding hydrogens is 353 g/mol. The van der Waals surface area contributed by atoms with Crippen LogP contribution >= 0.6 is 11.8 Å². The molecule has 1 aliphatic heterocycles. The van der Waals surface area contributed by atoms with E-state index in [0.29, 0.717) is 24.5 Å². The fourth-order valence-corrected chi connectivity index (χ4v) is 3.98. The van der Waals surface area contributed by atoms with Gasteiger partial charge in [-0.3, -0.25) is 14.6 Å². The van der Waals surface area contributed by atoms with E-state index < -0.39 is 11.9 Å². The maximum Gasteiger partial charge on any atom is 0.248 e. The van der Waals surface area contributed by atoms with Crippen molar-refractivity contribution < 1.29 is 14.0 Å². The van der Waals surface area contributed by atoms with Crippen LogP contribution in [0.3, 0.4) is 0 Å². The quantitative estimate of drug-likeness (QED) is 0.845. The van der Waals surface area contributed by atoms with Gasteiger partial charge in [-0.05, 0) is 37.1 Å². The summed E-state index contributed by atoms with van der Waals surface area (Å²) in [7, 11) is 0. The van der Waals surface area contributed by atoms with Crippen LogP contribution in [0, 0.1) is 5.82 Å². The minimum atomic E-state index is -0.568. The summed E-state index contributed by atoms with van der Waals surface area (Å²) in [6.45, 7) is 0. The van der Waals surface area contributed by atoms with Gasteiger partial charge in [-0.1, -0.05) is 18.2 Å². The number of carbonyl (C=O) groups excluding carboxylic acids is 2. The second-order valence-electron chi connectivity index (χ2n) is 6.02. The van der Waals surface area contributed by atoms with Crippen molar-refractivity contribution in [2.45, 2.75) is 25.3 Å². The molecule has 7 heteroatoms. The van der Waals surface area contributed by atoms with Crippen molar-refractivity contribution in [1.29, 1.82) is 0 Å². The van der Waals surface area contributed by atoms with Crippen LogP contribution in [-0.4, -0.2) is 39.4 Å². The van der Waals surface area contributed by atoms with E-state index in [9.17, 15) is 14.0 Å². The monoisotopic (exact) mass is 373 g/mol. The fourth-order valence-electron chi connectivity index (χ4n) is 2.79. The Kier molecular flexibility index (Phi) is 6.22. The molecule has 1 fully saturated rings. The van der Waals surface area contributed by atoms with Gasteiger partial charge in [0.25, 0.3) is 0 Å². The number of nitrogens with one attached hydrogen (secondary N) is 1. The van der Waals surface area contributed by atoms with E-state index in [1.54, 1.807) is 23.2 Å². The number of thioether (sulfide) groups is 1. The van der Waals surface area contributed by atoms with Gasteiger partial charge in [0.1, 0.15) is 11.9 Å². The van der Waals surface area contributed by atoms with Gasteiger partial charge in [0.2, 0.25) is 11.8 Å². The lowest BCUT2D eigenvalue weighted by Gasteiger charge is -2.23. The zero-order valence-electron chi connectivity index (χ0n) is 14.2. The molecule has 0 spiro atoms. The van der Waals surface area contributed by atoms with Crippen molar-refractivity contribution in [2.24, 2.45) is 0 Å². The highest BCUT2D eigenvalue weighted by Gasteiger charge is 2.34. The van der Waals surface area contributed by atoms with Crippen LogP contribution in [0.2, 0.25) is 0 Å². The molecule has 136 valence electrons. The third-order valence-corrected chi connectivity index (χ3v) is 5.20. The molecule has 1 saturated heterocycles. The molecule has 26 heavy (non-hydrogen) atoms. The number of pyridine rings is 1. The third kappa shape index (κ3) is 4.60. The van der Waals surface area contributed by atoms with Crippen molar-refractivity contribution in [1.82, 2.24) is 9.88 Å². The van der Waals surface area contributed by atoms with Crippen molar-refractivity contribution in [3.63, 3.8) is 0 Å². The number of hydrogen-bond acceptors (Lipinski definition) is 4. The van der Waals surface area contributed by atoms with Crippen molar-refractivity contribution in [2.75, 3.05) is 16.9 Å². The molecule has 2 heterocycles. The number of nitrogens with zero attached hydrogens (tertiary/aromatic N) is 2. The number of para-hydroxylation sites is 1. The highest BCUT2D eigenvalue weighted by Crippen LogP contribution is 2.24. The van der Waals surface area contributed by atoms with Crippen LogP contribution < -0.4 is 5.32 Å². The second kappa shape index (κ2) is 8.80. The minimum absolute atomic E-state index is 0.0559. The largest absolute Gasteiger partial charge is 0.322 e. The van der Waals surface area contributed by atoms with Gasteiger partial charge in [0, 0.05) is 24.1 Å². The lowest BCUT2D eigenvalue weighted by atomic mass is 10.1. The maximum absolute atomic E-state index is 13.7. The van der Waals surface area contributed by atoms with Crippen LogP contribution in [0.15, 0.2) is 48.7 Å². The number of anilines is 1. The number of carbonyl (C=O) groups is 2. The van der Waals surface area contributed by atoms with Crippen LogP contribution in [0.5, 0.6) is 0 Å². The smallest absolute Gasteiger partial charge is 0.248 e. The second-order valence-corrected chi connectivity index (χ2v) is 7.02. The number of amides is 2. The number of benzene rings is 1. The molecule has 2 amide bonds. The lowest BCUT2D eigenvalue weighted by Crippen LogP contribution is -2.44. The van der Waals surface area contributed by atoms with E-state index in [0.717, 1.165) is 12.1 Å². The molecule has 0 bridgehead atoms. The zero-order chi connectivity index (χ0) is 18.4. The SMILES string of the molecule is O=C(Nc1ccccc1F)C1CSCN1C(=O)CCCc1ccccn1. The van der Waals surface area contributed by atoms with E-state index in [2.05, 4.69) is 10.3 Å². The van der Waals surface area contributed by atoms with Gasteiger partial charge in [0.15, 0.2) is 0 Å². The zero-order valence-corrected chi connectivity index (χ0v) is 15.0. The molecule has 1 aromatic carbocycles. The number of hydrogen-bond donors (Lipinski definition) is 1. The van der Waals surface area contributed by atoms with Gasteiger partial charge in [-0.15, -0.1) is 11.8 Å². The number of aryl methyl sites for hydroxylation is 1. The first kappa shape index (κ1) is 18.4. The van der Waals surface area contributed by atoms with E-state index >= 15 is 0 Å². The van der Waals surface area contributed by atoms with E-state index in [1.807, 2.05) is 18.2 Å². The molecule has 0 aliphatic carbocycles. The summed E-state index contributed by atoms with van der Waals surface area (Å²) in [5, 5.41) is 2.59. The summed E-state index contributed by atoms with van der Waals surface area (Å²) >= 11 is 1.53. The molecule has 1 atom stereocenters. The standard InChI is InChI=1S/C19H20FN3O2S/c20-15-8-1-2-9-16(15)22-19(25)17-12-26-13-23(17)18(24)10-5-7-14-6-3-4-11-21-14/h1-4,6,8-9,11,17H,5,7,10,12-13H2,(H,22,25). The third-order valence-electron chi connectivity index (χ3n) is 4.19. The summed E-state index contributed by atoms with van der Waals surface area (Å²) in [6.07, 6.45) is 3.50. The minimum Gasteiger partial charge on any atom is -0.322 e. The van der Waals surface area contributed by atoms with E-state index in [4.69, 9.17) is 0 Å². The first-order valence-corrected chi connectivity index (χ1v) is 9.63. The summed E-state index contributed by atoms with van der Waals surface area (Å²) in [5.74, 6) is 0.113. The van der Waals surface area contributed by atoms with Gasteiger partial charge in [0.05, 0.1) is 11.6 Å². The molecule has 1 aliphatic rings. The van der Waals surface area contributed by atoms with Gasteiger partial charge in [-0.25, -0.2) is 4.39 Å². The summed E-state index contributed by atoms with van der Waals surface area (Å²) in [6, 6.07) is 11.2. The Hall–Kier alpha value is -2.41. The normalized spacial score (nSPS) is 16.5. The molecule has 0 radical (unpaired) electrons. The predicted molar refractivity (Wildman–Crippen MR) is 100 cm³/mol. The summed E-state index contributed by atoms with van der Waals surface area (Å²) < 4.78 is 13.7. The van der Waals surface area contributed by atoms with Gasteiger partial charge >= 0.3 is 0 Å². The molecule has 1 aromatic heterocycles. The van der Waals surface area contributed by atoms with Crippen molar-refractivity contribution in [3.8, 4) is 0 Å². The Bertz CT molecular complexity index is 772. The highest BCUT2D eigenvalue weighted by atomic mass is 32.2. The van der Waals surface area contributed by atoms with Crippen LogP contribution in [-0.2, 0) is 16.0 Å². The molecule has 0 saturated carbocycles. The number of halogens is 1. The fraction of sp³-hybridized carbons (Fsp3) is 0.316. The van der Waals surface area contributed by atoms with Crippen molar-refractivity contribution in [3.05, 3.63) is 60.2 Å². The van der Waals surface area contributed by atoms with Gasteiger partial charge in [-0.2, -0.15) is 0 Å². The average molecular weight is 373 g/mol. The molecule has 1 unspecified atom stereocenters. The summed E-state index contributed by atoms with van der Waals surface area (Å²) in [5.41, 5.74) is 1.09. The topological polar surface area (TPSA) is 62.3 Å². The number of rotatable bonds is 6. The first-order chi connectivity index (χ1) is 12.6. The Balaban J connectivity index is 1.54. The molecule has 5 nitrogen and oxygen atoms in total. The molecular formula is C19H20FN3O2S. The molecule has 2 aromatic rings. The van der Waals surface area contributed by atoms with Crippen LogP contribution in [0.1, 0.15) is 18.5 Å². The molecule has 1 N–H and O–H groups in total. The lowest BCUT2D eigenvalue weighted by molar-refractivity contribution is -0.136. The Morgan fingerprint density at radius 3 is 2.81 bits per heavy atom. The Morgan fingerprint density at radius 2 is 2.04 bits per heavy atom. The summed E-state index contributed by atoms with van der Waals surface area (Å²) in [4.78, 5) is 30.8. The van der Waals surface area contributed by atoms with Crippen LogP contribution in [0.25, 0.3) is 0 Å². The highest BCUT2D eigenvalue weighted by molar-refractivity contribution is 7.99.